The lowest BCUT2D eigenvalue weighted by molar-refractivity contribution is 0.0466. The number of aromatic nitrogens is 4. The summed E-state index contributed by atoms with van der Waals surface area (Å²) in [7, 11) is 0. The van der Waals surface area contributed by atoms with Gasteiger partial charge in [0.05, 0.1) is 5.56 Å². The normalized spacial score (nSPS) is 11.2. The summed E-state index contributed by atoms with van der Waals surface area (Å²) in [6.45, 7) is 7.08. The van der Waals surface area contributed by atoms with Gasteiger partial charge >= 0.3 is 5.97 Å². The van der Waals surface area contributed by atoms with E-state index in [9.17, 15) is 4.79 Å². The number of benzene rings is 1. The Labute approximate surface area is 151 Å². The van der Waals surface area contributed by atoms with E-state index in [-0.39, 0.29) is 17.4 Å². The Hall–Kier alpha value is -3.25. The Kier molecular flexibility index (Phi) is 7.27. The largest absolute Gasteiger partial charge is 0.461 e. The first-order chi connectivity index (χ1) is 12.7. The number of esters is 1. The standard InChI is InChI=1S/C17H21N7O2/c1-3-24(4-2)9-10-26-17(25)13-5-7-15(8-6-13)19-12-14(11-18)16-20-22-23-21-16/h5-8,12,19H,3-4,9-10H2,1-2H3,(H,20,21,22,23). The first kappa shape index (κ1) is 19.1. The zero-order valence-electron chi connectivity index (χ0n) is 14.8. The molecule has 9 nitrogen and oxygen atoms in total. The minimum Gasteiger partial charge on any atom is -0.461 e. The number of allylic oxidation sites excluding steroid dienone is 1. The number of nitrogens with zero attached hydrogens (tertiary/aromatic N) is 5. The van der Waals surface area contributed by atoms with E-state index in [1.54, 1.807) is 24.3 Å². The lowest BCUT2D eigenvalue weighted by Gasteiger charge is -2.17. The zero-order chi connectivity index (χ0) is 18.8. The molecule has 9 heteroatoms. The fourth-order valence-corrected chi connectivity index (χ4v) is 2.17. The molecule has 0 aliphatic carbocycles. The van der Waals surface area contributed by atoms with Gasteiger partial charge in [0, 0.05) is 18.4 Å². The van der Waals surface area contributed by atoms with Gasteiger partial charge in [-0.05, 0) is 42.6 Å². The van der Waals surface area contributed by atoms with Crippen molar-refractivity contribution in [3.8, 4) is 6.07 Å². The van der Waals surface area contributed by atoms with Crippen LogP contribution in [0, 0.1) is 11.3 Å². The number of tetrazole rings is 1. The van der Waals surface area contributed by atoms with Gasteiger partial charge in [0.1, 0.15) is 18.2 Å². The molecule has 2 rings (SSSR count). The lowest BCUT2D eigenvalue weighted by atomic mass is 10.2. The van der Waals surface area contributed by atoms with Crippen molar-refractivity contribution >= 4 is 17.2 Å². The SMILES string of the molecule is CCN(CC)CCOC(=O)c1ccc(NC=C(C#N)c2nn[nH]n2)cc1. The van der Waals surface area contributed by atoms with Gasteiger partial charge in [-0.1, -0.05) is 13.8 Å². The molecule has 0 fully saturated rings. The predicted octanol–water partition coefficient (Wildman–Crippen LogP) is 1.67. The van der Waals surface area contributed by atoms with Gasteiger partial charge in [-0.2, -0.15) is 10.5 Å². The van der Waals surface area contributed by atoms with Gasteiger partial charge < -0.3 is 15.0 Å². The minimum absolute atomic E-state index is 0.202. The van der Waals surface area contributed by atoms with Gasteiger partial charge in [0.25, 0.3) is 0 Å². The molecule has 2 N–H and O–H groups in total. The maximum absolute atomic E-state index is 12.0. The smallest absolute Gasteiger partial charge is 0.338 e. The van der Waals surface area contributed by atoms with Gasteiger partial charge in [-0.25, -0.2) is 4.79 Å². The van der Waals surface area contributed by atoms with Crippen molar-refractivity contribution in [3.63, 3.8) is 0 Å². The first-order valence-corrected chi connectivity index (χ1v) is 8.28. The number of ether oxygens (including phenoxy) is 1. The molecular weight excluding hydrogens is 334 g/mol. The van der Waals surface area contributed by atoms with Gasteiger partial charge in [0.2, 0.25) is 5.82 Å². The van der Waals surface area contributed by atoms with E-state index in [0.717, 1.165) is 19.6 Å². The fourth-order valence-electron chi connectivity index (χ4n) is 2.17. The van der Waals surface area contributed by atoms with Crippen molar-refractivity contribution in [2.75, 3.05) is 31.6 Å². The van der Waals surface area contributed by atoms with Crippen molar-refractivity contribution in [1.29, 1.82) is 5.26 Å². The molecule has 136 valence electrons. The number of H-pyrrole nitrogens is 1. The molecule has 0 amide bonds. The van der Waals surface area contributed by atoms with Crippen molar-refractivity contribution in [3.05, 3.63) is 41.9 Å². The van der Waals surface area contributed by atoms with E-state index in [4.69, 9.17) is 10.00 Å². The number of anilines is 1. The highest BCUT2D eigenvalue weighted by molar-refractivity contribution is 5.89. The summed E-state index contributed by atoms with van der Waals surface area (Å²) in [5.74, 6) is -0.155. The first-order valence-electron chi connectivity index (χ1n) is 8.28. The second kappa shape index (κ2) is 9.90. The number of carbonyl (C=O) groups excluding carboxylic acids is 1. The fraction of sp³-hybridized carbons (Fsp3) is 0.353. The van der Waals surface area contributed by atoms with Crippen molar-refractivity contribution in [1.82, 2.24) is 25.5 Å². The summed E-state index contributed by atoms with van der Waals surface area (Å²) < 4.78 is 5.28. The summed E-state index contributed by atoms with van der Waals surface area (Å²) >= 11 is 0. The van der Waals surface area contributed by atoms with Crippen LogP contribution >= 0.6 is 0 Å². The van der Waals surface area contributed by atoms with E-state index in [2.05, 4.69) is 44.7 Å². The van der Waals surface area contributed by atoms with E-state index in [0.29, 0.717) is 17.9 Å². The molecule has 26 heavy (non-hydrogen) atoms. The molecule has 2 aromatic rings. The van der Waals surface area contributed by atoms with Crippen LogP contribution < -0.4 is 5.32 Å². The Balaban J connectivity index is 1.89. The topological polar surface area (TPSA) is 120 Å². The summed E-state index contributed by atoms with van der Waals surface area (Å²) in [4.78, 5) is 14.2. The van der Waals surface area contributed by atoms with E-state index in [1.165, 1.54) is 6.20 Å². The highest BCUT2D eigenvalue weighted by atomic mass is 16.5. The molecule has 0 radical (unpaired) electrons. The molecule has 0 atom stereocenters. The molecule has 0 bridgehead atoms. The Morgan fingerprint density at radius 2 is 2.08 bits per heavy atom. The monoisotopic (exact) mass is 355 g/mol. The summed E-state index contributed by atoms with van der Waals surface area (Å²) in [5, 5.41) is 25.3. The molecule has 0 aliphatic rings. The van der Waals surface area contributed by atoms with Crippen LogP contribution in [-0.4, -0.2) is 57.7 Å². The highest BCUT2D eigenvalue weighted by Crippen LogP contribution is 2.13. The van der Waals surface area contributed by atoms with Gasteiger partial charge in [-0.3, -0.25) is 0 Å². The third-order valence-corrected chi connectivity index (χ3v) is 3.75. The molecule has 1 heterocycles. The van der Waals surface area contributed by atoms with Gasteiger partial charge in [-0.15, -0.1) is 10.2 Å². The highest BCUT2D eigenvalue weighted by Gasteiger charge is 2.08. The van der Waals surface area contributed by atoms with Crippen LogP contribution in [-0.2, 0) is 4.74 Å². The maximum Gasteiger partial charge on any atom is 0.338 e. The molecule has 0 saturated carbocycles. The Morgan fingerprint density at radius 3 is 2.65 bits per heavy atom. The maximum atomic E-state index is 12.0. The molecule has 0 aliphatic heterocycles. The van der Waals surface area contributed by atoms with Crippen LogP contribution in [0.2, 0.25) is 0 Å². The lowest BCUT2D eigenvalue weighted by Crippen LogP contribution is -2.27. The van der Waals surface area contributed by atoms with Crippen LogP contribution in [0.25, 0.3) is 5.57 Å². The average molecular weight is 355 g/mol. The van der Waals surface area contributed by atoms with Crippen LogP contribution in [0.3, 0.4) is 0 Å². The quantitative estimate of drug-likeness (QED) is 0.515. The molecule has 1 aromatic heterocycles. The van der Waals surface area contributed by atoms with Crippen molar-refractivity contribution < 1.29 is 9.53 Å². The average Bonchev–Trinajstić information content (AvgIpc) is 3.21. The van der Waals surface area contributed by atoms with Crippen LogP contribution in [0.15, 0.2) is 30.5 Å². The number of hydrogen-bond donors (Lipinski definition) is 2. The van der Waals surface area contributed by atoms with Gasteiger partial charge in [0.15, 0.2) is 0 Å². The minimum atomic E-state index is -0.358. The molecule has 0 spiro atoms. The van der Waals surface area contributed by atoms with E-state index in [1.807, 2.05) is 6.07 Å². The Bertz CT molecular complexity index is 759. The number of hydrogen-bond acceptors (Lipinski definition) is 8. The molecule has 1 aromatic carbocycles. The molecule has 0 saturated heterocycles. The predicted molar refractivity (Wildman–Crippen MR) is 95.9 cm³/mol. The van der Waals surface area contributed by atoms with E-state index < -0.39 is 0 Å². The van der Waals surface area contributed by atoms with E-state index >= 15 is 0 Å². The second-order valence-electron chi connectivity index (χ2n) is 5.29. The van der Waals surface area contributed by atoms with Crippen LogP contribution in [0.1, 0.15) is 30.0 Å². The third kappa shape index (κ3) is 5.39. The number of nitriles is 1. The molecule has 0 unspecified atom stereocenters. The third-order valence-electron chi connectivity index (χ3n) is 3.75. The summed E-state index contributed by atoms with van der Waals surface area (Å²) in [5.41, 5.74) is 1.41. The van der Waals surface area contributed by atoms with Crippen molar-refractivity contribution in [2.45, 2.75) is 13.8 Å². The zero-order valence-corrected chi connectivity index (χ0v) is 14.8. The Morgan fingerprint density at radius 1 is 1.35 bits per heavy atom. The summed E-state index contributed by atoms with van der Waals surface area (Å²) in [6.07, 6.45) is 1.47. The van der Waals surface area contributed by atoms with Crippen LogP contribution in [0.4, 0.5) is 5.69 Å². The number of carbonyl (C=O) groups is 1. The number of nitrogens with one attached hydrogen (secondary N) is 2. The summed E-state index contributed by atoms with van der Waals surface area (Å²) in [6, 6.07) is 8.76. The number of aromatic amines is 1. The van der Waals surface area contributed by atoms with Crippen molar-refractivity contribution in [2.24, 2.45) is 0 Å². The van der Waals surface area contributed by atoms with Crippen LogP contribution in [0.5, 0.6) is 0 Å². The second-order valence-corrected chi connectivity index (χ2v) is 5.29. The molecular formula is C17H21N7O2. The number of likely N-dealkylation sites (N-methyl/N-ethyl adjacent to an activating group) is 1. The number of rotatable bonds is 9.